The van der Waals surface area contributed by atoms with Gasteiger partial charge in [0.2, 0.25) is 5.91 Å². The smallest absolute Gasteiger partial charge is 0.236 e. The largest absolute Gasteiger partial charge is 0.348 e. The Morgan fingerprint density at radius 1 is 1.23 bits per heavy atom. The van der Waals surface area contributed by atoms with E-state index in [1.54, 1.807) is 19.0 Å². The number of likely N-dealkylation sites (N-methyl/N-ethyl adjacent to an activating group) is 1. The van der Waals surface area contributed by atoms with Gasteiger partial charge in [0, 0.05) is 40.3 Å². The summed E-state index contributed by atoms with van der Waals surface area (Å²) in [6.07, 6.45) is 0. The third-order valence-corrected chi connectivity index (χ3v) is 1.57. The highest BCUT2D eigenvalue weighted by Gasteiger charge is 2.00. The molecule has 0 fully saturated rings. The molecule has 0 atom stereocenters. The molecular formula is C8H20N4O. The predicted molar refractivity (Wildman–Crippen MR) is 53.5 cm³/mol. The van der Waals surface area contributed by atoms with Crippen LogP contribution in [0.1, 0.15) is 0 Å². The second-order valence-corrected chi connectivity index (χ2v) is 3.00. The van der Waals surface area contributed by atoms with Crippen molar-refractivity contribution >= 4 is 5.91 Å². The topological polar surface area (TPSA) is 70.4 Å². The second-order valence-electron chi connectivity index (χ2n) is 3.00. The zero-order valence-corrected chi connectivity index (χ0v) is 8.47. The lowest BCUT2D eigenvalue weighted by Crippen LogP contribution is -2.37. The van der Waals surface area contributed by atoms with Gasteiger partial charge in [0.25, 0.3) is 0 Å². The van der Waals surface area contributed by atoms with Gasteiger partial charge in [0.1, 0.15) is 0 Å². The molecule has 0 saturated carbocycles. The highest BCUT2D eigenvalue weighted by molar-refractivity contribution is 5.77. The van der Waals surface area contributed by atoms with Crippen molar-refractivity contribution in [1.82, 2.24) is 15.5 Å². The van der Waals surface area contributed by atoms with E-state index in [-0.39, 0.29) is 5.91 Å². The van der Waals surface area contributed by atoms with E-state index in [0.717, 1.165) is 19.6 Å². The summed E-state index contributed by atoms with van der Waals surface area (Å²) in [7, 11) is 3.49. The van der Waals surface area contributed by atoms with E-state index < -0.39 is 0 Å². The molecule has 0 aromatic carbocycles. The molecule has 5 heteroatoms. The van der Waals surface area contributed by atoms with Gasteiger partial charge in [0.15, 0.2) is 0 Å². The Kier molecular flexibility index (Phi) is 7.57. The van der Waals surface area contributed by atoms with Crippen molar-refractivity contribution in [3.8, 4) is 0 Å². The van der Waals surface area contributed by atoms with Gasteiger partial charge in [-0.2, -0.15) is 0 Å². The first-order chi connectivity index (χ1) is 6.18. The molecule has 0 aliphatic carbocycles. The average Bonchev–Trinajstić information content (AvgIpc) is 2.10. The van der Waals surface area contributed by atoms with Gasteiger partial charge >= 0.3 is 0 Å². The minimum atomic E-state index is 0.0961. The fourth-order valence-corrected chi connectivity index (χ4v) is 0.757. The van der Waals surface area contributed by atoms with Crippen molar-refractivity contribution in [3.05, 3.63) is 0 Å². The van der Waals surface area contributed by atoms with Crippen molar-refractivity contribution in [2.24, 2.45) is 5.73 Å². The number of rotatable bonds is 7. The zero-order chi connectivity index (χ0) is 10.1. The van der Waals surface area contributed by atoms with Crippen LogP contribution in [0.5, 0.6) is 0 Å². The molecule has 1 amide bonds. The summed E-state index contributed by atoms with van der Waals surface area (Å²) >= 11 is 0. The Morgan fingerprint density at radius 3 is 2.38 bits per heavy atom. The van der Waals surface area contributed by atoms with Crippen molar-refractivity contribution in [1.29, 1.82) is 0 Å². The molecule has 13 heavy (non-hydrogen) atoms. The van der Waals surface area contributed by atoms with Crippen LogP contribution in [0, 0.1) is 0 Å². The third-order valence-electron chi connectivity index (χ3n) is 1.57. The molecule has 0 unspecified atom stereocenters. The van der Waals surface area contributed by atoms with Crippen LogP contribution in [-0.4, -0.2) is 57.6 Å². The Labute approximate surface area is 79.7 Å². The van der Waals surface area contributed by atoms with Crippen LogP contribution in [-0.2, 0) is 4.79 Å². The molecule has 0 aromatic rings. The molecule has 0 saturated heterocycles. The van der Waals surface area contributed by atoms with Crippen LogP contribution in [0.25, 0.3) is 0 Å². The number of carbonyl (C=O) groups excluding carboxylic acids is 1. The predicted octanol–water partition coefficient (Wildman–Crippen LogP) is -1.79. The molecule has 4 N–H and O–H groups in total. The number of carbonyl (C=O) groups is 1. The van der Waals surface area contributed by atoms with Crippen LogP contribution in [0.2, 0.25) is 0 Å². The number of nitrogens with two attached hydrogens (primary N) is 1. The molecule has 0 bridgehead atoms. The number of nitrogens with one attached hydrogen (secondary N) is 2. The molecule has 5 nitrogen and oxygen atoms in total. The first-order valence-electron chi connectivity index (χ1n) is 4.50. The molecule has 0 aliphatic rings. The Balaban J connectivity index is 3.12. The SMILES string of the molecule is CN(C)C(=O)CNCCNCCN. The quantitative estimate of drug-likeness (QED) is 0.413. The van der Waals surface area contributed by atoms with E-state index >= 15 is 0 Å². The van der Waals surface area contributed by atoms with Crippen molar-refractivity contribution in [3.63, 3.8) is 0 Å². The standard InChI is InChI=1S/C8H20N4O/c1-12(2)8(13)7-11-6-5-10-4-3-9/h10-11H,3-7,9H2,1-2H3. The number of nitrogens with zero attached hydrogens (tertiary/aromatic N) is 1. The number of amides is 1. The summed E-state index contributed by atoms with van der Waals surface area (Å²) < 4.78 is 0. The Hall–Kier alpha value is -0.650. The Bertz CT molecular complexity index is 138. The molecular weight excluding hydrogens is 168 g/mol. The maximum Gasteiger partial charge on any atom is 0.236 e. The van der Waals surface area contributed by atoms with Crippen molar-refractivity contribution in [2.75, 3.05) is 46.8 Å². The normalized spacial score (nSPS) is 10.1. The van der Waals surface area contributed by atoms with Crippen LogP contribution < -0.4 is 16.4 Å². The lowest BCUT2D eigenvalue weighted by atomic mass is 10.5. The maximum atomic E-state index is 11.1. The summed E-state index contributed by atoms with van der Waals surface area (Å²) in [6, 6.07) is 0. The minimum absolute atomic E-state index is 0.0961. The van der Waals surface area contributed by atoms with Gasteiger partial charge in [-0.3, -0.25) is 4.79 Å². The van der Waals surface area contributed by atoms with Crippen molar-refractivity contribution < 1.29 is 4.79 Å². The number of hydrogen-bond acceptors (Lipinski definition) is 4. The fraction of sp³-hybridized carbons (Fsp3) is 0.875. The van der Waals surface area contributed by atoms with Crippen LogP contribution in [0.4, 0.5) is 0 Å². The van der Waals surface area contributed by atoms with Crippen LogP contribution in [0.15, 0.2) is 0 Å². The lowest BCUT2D eigenvalue weighted by molar-refractivity contribution is -0.127. The molecule has 0 spiro atoms. The summed E-state index contributed by atoms with van der Waals surface area (Å²) in [6.45, 7) is 3.51. The van der Waals surface area contributed by atoms with Gasteiger partial charge in [-0.05, 0) is 0 Å². The van der Waals surface area contributed by atoms with E-state index in [1.807, 2.05) is 0 Å². The monoisotopic (exact) mass is 188 g/mol. The minimum Gasteiger partial charge on any atom is -0.348 e. The highest BCUT2D eigenvalue weighted by Crippen LogP contribution is 1.74. The van der Waals surface area contributed by atoms with Crippen molar-refractivity contribution in [2.45, 2.75) is 0 Å². The van der Waals surface area contributed by atoms with E-state index in [0.29, 0.717) is 13.1 Å². The highest BCUT2D eigenvalue weighted by atomic mass is 16.2. The van der Waals surface area contributed by atoms with Gasteiger partial charge in [-0.15, -0.1) is 0 Å². The summed E-state index contributed by atoms with van der Waals surface area (Å²) in [5, 5.41) is 6.16. The molecule has 0 rings (SSSR count). The zero-order valence-electron chi connectivity index (χ0n) is 8.47. The lowest BCUT2D eigenvalue weighted by Gasteiger charge is -2.10. The summed E-state index contributed by atoms with van der Waals surface area (Å²) in [4.78, 5) is 12.6. The van der Waals surface area contributed by atoms with Crippen LogP contribution >= 0.6 is 0 Å². The van der Waals surface area contributed by atoms with Gasteiger partial charge < -0.3 is 21.3 Å². The average molecular weight is 188 g/mol. The first-order valence-corrected chi connectivity index (χ1v) is 4.50. The molecule has 0 aliphatic heterocycles. The van der Waals surface area contributed by atoms with Gasteiger partial charge in [0.05, 0.1) is 6.54 Å². The second kappa shape index (κ2) is 7.97. The fourth-order valence-electron chi connectivity index (χ4n) is 0.757. The maximum absolute atomic E-state index is 11.1. The summed E-state index contributed by atoms with van der Waals surface area (Å²) in [5.74, 6) is 0.0961. The molecule has 78 valence electrons. The van der Waals surface area contributed by atoms with Crippen LogP contribution in [0.3, 0.4) is 0 Å². The van der Waals surface area contributed by atoms with Gasteiger partial charge in [-0.25, -0.2) is 0 Å². The first kappa shape index (κ1) is 12.3. The van der Waals surface area contributed by atoms with E-state index in [1.165, 1.54) is 0 Å². The molecule has 0 radical (unpaired) electrons. The summed E-state index contributed by atoms with van der Waals surface area (Å²) in [5.41, 5.74) is 5.29. The number of hydrogen-bond donors (Lipinski definition) is 3. The van der Waals surface area contributed by atoms with E-state index in [4.69, 9.17) is 5.73 Å². The van der Waals surface area contributed by atoms with E-state index in [2.05, 4.69) is 10.6 Å². The van der Waals surface area contributed by atoms with Gasteiger partial charge in [-0.1, -0.05) is 0 Å². The van der Waals surface area contributed by atoms with E-state index in [9.17, 15) is 4.79 Å². The molecule has 0 heterocycles. The Morgan fingerprint density at radius 2 is 1.85 bits per heavy atom. The third kappa shape index (κ3) is 7.70. The molecule has 0 aromatic heterocycles.